The summed E-state index contributed by atoms with van der Waals surface area (Å²) in [5, 5.41) is 0. The molecule has 0 aromatic rings. The summed E-state index contributed by atoms with van der Waals surface area (Å²) in [6.45, 7) is 0. The Kier molecular flexibility index (Phi) is 4.37. The Morgan fingerprint density at radius 3 is 1.69 bits per heavy atom. The predicted octanol–water partition coefficient (Wildman–Crippen LogP) is 3.01. The molecule has 2 aliphatic carbocycles. The van der Waals surface area contributed by atoms with Gasteiger partial charge in [-0.2, -0.15) is 0 Å². The SMILES string of the molecule is C#C.C1=CC[C]([Ni][C]2=CC=CC2)=C1. The first-order valence-corrected chi connectivity index (χ1v) is 5.07. The standard InChI is InChI=1S/2C5H5.C2H2.Ni/c2*1-2-4-5-3-1;1-2;/h2*1-3H,4H2;1-2H;. The molecule has 0 spiro atoms. The fourth-order valence-corrected chi connectivity index (χ4v) is 2.26. The van der Waals surface area contributed by atoms with Gasteiger partial charge in [0.25, 0.3) is 0 Å². The molecule has 0 heterocycles. The van der Waals surface area contributed by atoms with E-state index in [9.17, 15) is 0 Å². The third-order valence-electron chi connectivity index (χ3n) is 1.61. The van der Waals surface area contributed by atoms with Crippen LogP contribution in [0.3, 0.4) is 0 Å². The van der Waals surface area contributed by atoms with Gasteiger partial charge in [-0.15, -0.1) is 12.8 Å². The van der Waals surface area contributed by atoms with Crippen molar-refractivity contribution in [2.24, 2.45) is 0 Å². The Hall–Kier alpha value is -0.986. The molecule has 0 unspecified atom stereocenters. The van der Waals surface area contributed by atoms with Gasteiger partial charge in [0.15, 0.2) is 0 Å². The first kappa shape index (κ1) is 10.1. The number of hydrogen-bond acceptors (Lipinski definition) is 0. The van der Waals surface area contributed by atoms with Gasteiger partial charge < -0.3 is 0 Å². The first-order valence-electron chi connectivity index (χ1n) is 4.08. The summed E-state index contributed by atoms with van der Waals surface area (Å²) in [5.41, 5.74) is 0. The van der Waals surface area contributed by atoms with Crippen LogP contribution in [-0.4, -0.2) is 0 Å². The van der Waals surface area contributed by atoms with Gasteiger partial charge in [0.05, 0.1) is 0 Å². The van der Waals surface area contributed by atoms with E-state index in [0.29, 0.717) is 0 Å². The van der Waals surface area contributed by atoms with Gasteiger partial charge in [-0.1, -0.05) is 0 Å². The Bertz CT molecular complexity index is 272. The zero-order valence-electron chi connectivity index (χ0n) is 7.35. The molecule has 0 nitrogen and oxygen atoms in total. The van der Waals surface area contributed by atoms with E-state index in [2.05, 4.69) is 49.3 Å². The summed E-state index contributed by atoms with van der Waals surface area (Å²) in [6.07, 6.45) is 23.4. The van der Waals surface area contributed by atoms with Crippen LogP contribution in [0.5, 0.6) is 0 Å². The molecule has 1 heteroatoms. The number of allylic oxidation sites excluding steroid dienone is 8. The monoisotopic (exact) mass is 214 g/mol. The molecule has 0 bridgehead atoms. The zero-order chi connectivity index (χ0) is 9.52. The molecule has 0 fully saturated rings. The zero-order valence-corrected chi connectivity index (χ0v) is 8.34. The van der Waals surface area contributed by atoms with Crippen molar-refractivity contribution >= 4 is 0 Å². The summed E-state index contributed by atoms with van der Waals surface area (Å²) >= 11 is 1.73. The second-order valence-electron chi connectivity index (χ2n) is 2.49. The van der Waals surface area contributed by atoms with Gasteiger partial charge in [0.1, 0.15) is 0 Å². The number of hydrogen-bond donors (Lipinski definition) is 0. The second kappa shape index (κ2) is 5.62. The third-order valence-corrected chi connectivity index (χ3v) is 2.98. The van der Waals surface area contributed by atoms with Crippen molar-refractivity contribution in [1.82, 2.24) is 0 Å². The fourth-order valence-electron chi connectivity index (χ4n) is 1.06. The molecule has 13 heavy (non-hydrogen) atoms. The predicted molar refractivity (Wildman–Crippen MR) is 53.6 cm³/mol. The molecule has 0 aromatic heterocycles. The first-order chi connectivity index (χ1) is 6.45. The Morgan fingerprint density at radius 2 is 1.38 bits per heavy atom. The van der Waals surface area contributed by atoms with Crippen LogP contribution in [0.2, 0.25) is 0 Å². The van der Waals surface area contributed by atoms with Crippen LogP contribution in [0.4, 0.5) is 0 Å². The molecule has 0 aliphatic heterocycles. The fraction of sp³-hybridized carbons (Fsp3) is 0.167. The van der Waals surface area contributed by atoms with Gasteiger partial charge in [-0.05, 0) is 0 Å². The molecule has 0 N–H and O–H groups in total. The minimum atomic E-state index is 1.14. The van der Waals surface area contributed by atoms with Crippen molar-refractivity contribution in [3.8, 4) is 12.8 Å². The second-order valence-corrected chi connectivity index (χ2v) is 4.01. The molecule has 2 rings (SSSR count). The van der Waals surface area contributed by atoms with Gasteiger partial charge in [0.2, 0.25) is 0 Å². The number of terminal acetylenes is 1. The quantitative estimate of drug-likeness (QED) is 0.490. The number of rotatable bonds is 2. The van der Waals surface area contributed by atoms with Crippen molar-refractivity contribution in [2.75, 3.05) is 0 Å². The van der Waals surface area contributed by atoms with Crippen LogP contribution in [0.15, 0.2) is 45.5 Å². The van der Waals surface area contributed by atoms with E-state index in [1.807, 2.05) is 0 Å². The molecule has 0 saturated heterocycles. The van der Waals surface area contributed by atoms with E-state index in [4.69, 9.17) is 0 Å². The van der Waals surface area contributed by atoms with Crippen molar-refractivity contribution in [2.45, 2.75) is 12.8 Å². The third kappa shape index (κ3) is 3.09. The van der Waals surface area contributed by atoms with E-state index in [1.165, 1.54) is 9.09 Å². The normalized spacial score (nSPS) is 18.0. The van der Waals surface area contributed by atoms with E-state index in [0.717, 1.165) is 12.8 Å². The van der Waals surface area contributed by atoms with E-state index in [-0.39, 0.29) is 0 Å². The van der Waals surface area contributed by atoms with Gasteiger partial charge in [-0.3, -0.25) is 0 Å². The Labute approximate surface area is 85.9 Å². The van der Waals surface area contributed by atoms with E-state index >= 15 is 0 Å². The molecule has 0 atom stereocenters. The maximum absolute atomic E-state index is 4.00. The van der Waals surface area contributed by atoms with Crippen molar-refractivity contribution < 1.29 is 14.4 Å². The van der Waals surface area contributed by atoms with Crippen LogP contribution < -0.4 is 0 Å². The van der Waals surface area contributed by atoms with Gasteiger partial charge >= 0.3 is 72.8 Å². The summed E-state index contributed by atoms with van der Waals surface area (Å²) in [6, 6.07) is 0. The summed E-state index contributed by atoms with van der Waals surface area (Å²) in [4.78, 5) is 0. The van der Waals surface area contributed by atoms with E-state index in [1.54, 1.807) is 14.4 Å². The van der Waals surface area contributed by atoms with Crippen molar-refractivity contribution in [3.63, 3.8) is 0 Å². The van der Waals surface area contributed by atoms with Gasteiger partial charge in [0, 0.05) is 0 Å². The molecule has 0 radical (unpaired) electrons. The van der Waals surface area contributed by atoms with Crippen molar-refractivity contribution in [3.05, 3.63) is 45.5 Å². The molecule has 0 aromatic carbocycles. The average molecular weight is 215 g/mol. The average Bonchev–Trinajstić information content (AvgIpc) is 2.81. The molecular formula is C12H12Ni. The Morgan fingerprint density at radius 1 is 0.923 bits per heavy atom. The molecule has 0 amide bonds. The summed E-state index contributed by atoms with van der Waals surface area (Å²) in [7, 11) is 0. The Balaban J connectivity index is 0.000000396. The van der Waals surface area contributed by atoms with Gasteiger partial charge in [-0.25, -0.2) is 0 Å². The summed E-state index contributed by atoms with van der Waals surface area (Å²) in [5.74, 6) is 0. The molecule has 70 valence electrons. The van der Waals surface area contributed by atoms with Crippen molar-refractivity contribution in [1.29, 1.82) is 0 Å². The molecule has 0 saturated carbocycles. The topological polar surface area (TPSA) is 0 Å². The van der Waals surface area contributed by atoms with Crippen LogP contribution in [-0.2, 0) is 14.4 Å². The van der Waals surface area contributed by atoms with Crippen LogP contribution in [0.1, 0.15) is 12.8 Å². The van der Waals surface area contributed by atoms with Crippen LogP contribution in [0, 0.1) is 12.8 Å². The molecule has 2 aliphatic rings. The van der Waals surface area contributed by atoms with E-state index < -0.39 is 0 Å². The maximum atomic E-state index is 4.00. The minimum absolute atomic E-state index is 1.14. The summed E-state index contributed by atoms with van der Waals surface area (Å²) < 4.78 is 2.99. The van der Waals surface area contributed by atoms with Crippen LogP contribution in [0.25, 0.3) is 0 Å². The molecular weight excluding hydrogens is 203 g/mol. The van der Waals surface area contributed by atoms with Crippen LogP contribution >= 0.6 is 0 Å².